The zero-order valence-corrected chi connectivity index (χ0v) is 18.3. The SMILES string of the molecule is COc1ccc(S(=O)(=O)N(CC(=O)Nc2cccc(Br)c2)c2ccccc2F)cc1. The fourth-order valence-electron chi connectivity index (χ4n) is 2.73. The molecule has 0 aliphatic rings. The number of sulfonamides is 1. The van der Waals surface area contributed by atoms with Crippen LogP contribution in [0.3, 0.4) is 0 Å². The molecule has 3 aromatic rings. The summed E-state index contributed by atoms with van der Waals surface area (Å²) in [7, 11) is -2.77. The second kappa shape index (κ2) is 9.27. The Morgan fingerprint density at radius 1 is 1.07 bits per heavy atom. The minimum atomic E-state index is -4.23. The van der Waals surface area contributed by atoms with E-state index in [1.165, 1.54) is 49.6 Å². The van der Waals surface area contributed by atoms with Gasteiger partial charge in [0.05, 0.1) is 17.7 Å². The first-order valence-corrected chi connectivity index (χ1v) is 11.0. The number of halogens is 2. The Kier molecular flexibility index (Phi) is 6.73. The van der Waals surface area contributed by atoms with E-state index in [9.17, 15) is 17.6 Å². The van der Waals surface area contributed by atoms with Crippen molar-refractivity contribution in [3.8, 4) is 5.75 Å². The van der Waals surface area contributed by atoms with Crippen LogP contribution >= 0.6 is 15.9 Å². The van der Waals surface area contributed by atoms with Gasteiger partial charge >= 0.3 is 0 Å². The van der Waals surface area contributed by atoms with E-state index in [2.05, 4.69) is 21.2 Å². The highest BCUT2D eigenvalue weighted by atomic mass is 79.9. The summed E-state index contributed by atoms with van der Waals surface area (Å²) in [5.41, 5.74) is 0.252. The summed E-state index contributed by atoms with van der Waals surface area (Å²) < 4.78 is 47.5. The number of methoxy groups -OCH3 is 1. The van der Waals surface area contributed by atoms with Crippen molar-refractivity contribution in [3.63, 3.8) is 0 Å². The van der Waals surface area contributed by atoms with Crippen LogP contribution in [0.15, 0.2) is 82.2 Å². The number of hydrogen-bond acceptors (Lipinski definition) is 4. The van der Waals surface area contributed by atoms with Gasteiger partial charge in [-0.25, -0.2) is 12.8 Å². The molecule has 1 N–H and O–H groups in total. The standard InChI is InChI=1S/C21H18BrFN2O4S/c1-29-17-9-11-18(12-10-17)30(27,28)25(20-8-3-2-7-19(20)23)14-21(26)24-16-6-4-5-15(22)13-16/h2-13H,14H2,1H3,(H,24,26). The summed E-state index contributed by atoms with van der Waals surface area (Å²) in [6.45, 7) is -0.609. The quantitative estimate of drug-likeness (QED) is 0.529. The van der Waals surface area contributed by atoms with Gasteiger partial charge in [0.1, 0.15) is 18.1 Å². The smallest absolute Gasteiger partial charge is 0.264 e. The van der Waals surface area contributed by atoms with Crippen molar-refractivity contribution in [2.24, 2.45) is 0 Å². The maximum Gasteiger partial charge on any atom is 0.264 e. The number of benzene rings is 3. The van der Waals surface area contributed by atoms with Gasteiger partial charge in [0.15, 0.2) is 0 Å². The van der Waals surface area contributed by atoms with Crippen LogP contribution in [0.4, 0.5) is 15.8 Å². The summed E-state index contributed by atoms with van der Waals surface area (Å²) in [5.74, 6) is -0.905. The molecule has 9 heteroatoms. The summed E-state index contributed by atoms with van der Waals surface area (Å²) in [6.07, 6.45) is 0. The number of para-hydroxylation sites is 1. The Morgan fingerprint density at radius 2 is 1.77 bits per heavy atom. The molecule has 0 saturated heterocycles. The van der Waals surface area contributed by atoms with Gasteiger partial charge < -0.3 is 10.1 Å². The molecule has 0 saturated carbocycles. The van der Waals surface area contributed by atoms with Gasteiger partial charge in [0.25, 0.3) is 10.0 Å². The minimum absolute atomic E-state index is 0.0955. The molecule has 0 aliphatic carbocycles. The normalized spacial score (nSPS) is 11.0. The first kappa shape index (κ1) is 21.8. The maximum absolute atomic E-state index is 14.5. The lowest BCUT2D eigenvalue weighted by atomic mass is 10.3. The molecule has 0 atom stereocenters. The molecule has 0 unspecified atom stereocenters. The highest BCUT2D eigenvalue weighted by Gasteiger charge is 2.29. The molecule has 0 bridgehead atoms. The lowest BCUT2D eigenvalue weighted by Gasteiger charge is -2.24. The van der Waals surface area contributed by atoms with Gasteiger partial charge in [-0.2, -0.15) is 0 Å². The molecule has 0 radical (unpaired) electrons. The molecule has 1 amide bonds. The van der Waals surface area contributed by atoms with Gasteiger partial charge in [-0.05, 0) is 54.6 Å². The third-order valence-electron chi connectivity index (χ3n) is 4.16. The number of rotatable bonds is 7. The van der Waals surface area contributed by atoms with E-state index in [1.54, 1.807) is 24.3 Å². The molecule has 0 spiro atoms. The van der Waals surface area contributed by atoms with Crippen molar-refractivity contribution >= 4 is 43.2 Å². The second-order valence-electron chi connectivity index (χ2n) is 6.20. The van der Waals surface area contributed by atoms with E-state index >= 15 is 0 Å². The molecule has 3 aromatic carbocycles. The van der Waals surface area contributed by atoms with Crippen molar-refractivity contribution in [2.75, 3.05) is 23.3 Å². The van der Waals surface area contributed by atoms with Crippen molar-refractivity contribution in [2.45, 2.75) is 4.90 Å². The monoisotopic (exact) mass is 492 g/mol. The van der Waals surface area contributed by atoms with Crippen LogP contribution in [0.2, 0.25) is 0 Å². The lowest BCUT2D eigenvalue weighted by Crippen LogP contribution is -2.38. The van der Waals surface area contributed by atoms with Crippen molar-refractivity contribution in [3.05, 3.63) is 83.1 Å². The number of nitrogens with zero attached hydrogens (tertiary/aromatic N) is 1. The Labute approximate surface area is 182 Å². The number of carbonyl (C=O) groups excluding carboxylic acids is 1. The number of carbonyl (C=O) groups is 1. The summed E-state index contributed by atoms with van der Waals surface area (Å²) in [5, 5.41) is 2.63. The van der Waals surface area contributed by atoms with Crippen molar-refractivity contribution in [1.82, 2.24) is 0 Å². The topological polar surface area (TPSA) is 75.7 Å². The van der Waals surface area contributed by atoms with Crippen LogP contribution < -0.4 is 14.4 Å². The first-order valence-electron chi connectivity index (χ1n) is 8.78. The van der Waals surface area contributed by atoms with Gasteiger partial charge in [0.2, 0.25) is 5.91 Å². The predicted molar refractivity (Wildman–Crippen MR) is 117 cm³/mol. The molecular formula is C21H18BrFN2O4S. The first-order chi connectivity index (χ1) is 14.3. The maximum atomic E-state index is 14.5. The van der Waals surface area contributed by atoms with Crippen LogP contribution in [0, 0.1) is 5.82 Å². The Morgan fingerprint density at radius 3 is 2.40 bits per heavy atom. The minimum Gasteiger partial charge on any atom is -0.497 e. The number of nitrogens with one attached hydrogen (secondary N) is 1. The molecular weight excluding hydrogens is 475 g/mol. The number of amides is 1. The molecule has 0 aliphatic heterocycles. The molecule has 156 valence electrons. The summed E-state index contributed by atoms with van der Waals surface area (Å²) in [4.78, 5) is 12.5. The fraction of sp³-hybridized carbons (Fsp3) is 0.0952. The van der Waals surface area contributed by atoms with Crippen LogP contribution in [-0.4, -0.2) is 28.0 Å². The van der Waals surface area contributed by atoms with E-state index in [4.69, 9.17) is 4.74 Å². The van der Waals surface area contributed by atoms with E-state index in [0.717, 1.165) is 14.8 Å². The van der Waals surface area contributed by atoms with Gasteiger partial charge in [-0.15, -0.1) is 0 Å². The zero-order chi connectivity index (χ0) is 21.7. The van der Waals surface area contributed by atoms with E-state index < -0.39 is 28.3 Å². The van der Waals surface area contributed by atoms with Crippen molar-refractivity contribution in [1.29, 1.82) is 0 Å². The Hall–Kier alpha value is -2.91. The summed E-state index contributed by atoms with van der Waals surface area (Å²) >= 11 is 3.31. The zero-order valence-electron chi connectivity index (χ0n) is 15.9. The Balaban J connectivity index is 1.96. The number of anilines is 2. The molecule has 0 heterocycles. The van der Waals surface area contributed by atoms with Gasteiger partial charge in [0, 0.05) is 10.2 Å². The second-order valence-corrected chi connectivity index (χ2v) is 8.98. The largest absolute Gasteiger partial charge is 0.497 e. The highest BCUT2D eigenvalue weighted by molar-refractivity contribution is 9.10. The summed E-state index contributed by atoms with van der Waals surface area (Å²) in [6, 6.07) is 17.9. The third-order valence-corrected chi connectivity index (χ3v) is 6.43. The van der Waals surface area contributed by atoms with Crippen LogP contribution in [-0.2, 0) is 14.8 Å². The fourth-order valence-corrected chi connectivity index (χ4v) is 4.55. The average Bonchev–Trinajstić information content (AvgIpc) is 2.72. The average molecular weight is 493 g/mol. The van der Waals surface area contributed by atoms with E-state index in [0.29, 0.717) is 11.4 Å². The molecule has 0 fully saturated rings. The van der Waals surface area contributed by atoms with Crippen LogP contribution in [0.1, 0.15) is 0 Å². The molecule has 0 aromatic heterocycles. The Bertz CT molecular complexity index is 1150. The van der Waals surface area contributed by atoms with Crippen molar-refractivity contribution < 1.29 is 22.3 Å². The number of hydrogen-bond donors (Lipinski definition) is 1. The predicted octanol–water partition coefficient (Wildman–Crippen LogP) is 4.43. The van der Waals surface area contributed by atoms with Gasteiger partial charge in [-0.1, -0.05) is 34.1 Å². The molecule has 3 rings (SSSR count). The third kappa shape index (κ3) is 4.98. The van der Waals surface area contributed by atoms with Crippen LogP contribution in [0.5, 0.6) is 5.75 Å². The molecule has 30 heavy (non-hydrogen) atoms. The van der Waals surface area contributed by atoms with Gasteiger partial charge in [-0.3, -0.25) is 9.10 Å². The highest BCUT2D eigenvalue weighted by Crippen LogP contribution is 2.27. The van der Waals surface area contributed by atoms with Crippen LogP contribution in [0.25, 0.3) is 0 Å². The number of ether oxygens (including phenoxy) is 1. The lowest BCUT2D eigenvalue weighted by molar-refractivity contribution is -0.114. The van der Waals surface area contributed by atoms with E-state index in [-0.39, 0.29) is 10.6 Å². The van der Waals surface area contributed by atoms with E-state index in [1.807, 2.05) is 0 Å². The molecule has 6 nitrogen and oxygen atoms in total.